The van der Waals surface area contributed by atoms with Gasteiger partial charge in [0.1, 0.15) is 5.75 Å². The van der Waals surface area contributed by atoms with Crippen molar-refractivity contribution in [2.75, 3.05) is 13.7 Å². The molecule has 0 heterocycles. The summed E-state index contributed by atoms with van der Waals surface area (Å²) in [4.78, 5) is 0. The second-order valence-electron chi connectivity index (χ2n) is 5.12. The lowest BCUT2D eigenvalue weighted by Crippen LogP contribution is -2.28. The lowest BCUT2D eigenvalue weighted by molar-refractivity contribution is 0.353. The van der Waals surface area contributed by atoms with Crippen molar-refractivity contribution >= 4 is 15.9 Å². The lowest BCUT2D eigenvalue weighted by Gasteiger charge is -2.26. The molecule has 3 heteroatoms. The van der Waals surface area contributed by atoms with Gasteiger partial charge < -0.3 is 10.1 Å². The van der Waals surface area contributed by atoms with Crippen molar-refractivity contribution in [3.8, 4) is 5.75 Å². The van der Waals surface area contributed by atoms with Crippen molar-refractivity contribution in [2.24, 2.45) is 11.8 Å². The highest BCUT2D eigenvalue weighted by Crippen LogP contribution is 2.44. The molecule has 1 aromatic rings. The van der Waals surface area contributed by atoms with Crippen LogP contribution < -0.4 is 10.1 Å². The van der Waals surface area contributed by atoms with E-state index >= 15 is 0 Å². The zero-order chi connectivity index (χ0) is 13.1. The van der Waals surface area contributed by atoms with Crippen molar-refractivity contribution in [3.05, 3.63) is 28.2 Å². The lowest BCUT2D eigenvalue weighted by atomic mass is 9.90. The van der Waals surface area contributed by atoms with Crippen LogP contribution in [0.2, 0.25) is 0 Å². The highest BCUT2D eigenvalue weighted by Gasteiger charge is 2.34. The first kappa shape index (κ1) is 13.9. The Morgan fingerprint density at radius 1 is 1.44 bits per heavy atom. The number of halogens is 1. The van der Waals surface area contributed by atoms with Gasteiger partial charge in [-0.2, -0.15) is 0 Å². The summed E-state index contributed by atoms with van der Waals surface area (Å²) in [6.45, 7) is 5.53. The number of benzene rings is 1. The van der Waals surface area contributed by atoms with Crippen LogP contribution >= 0.6 is 15.9 Å². The Morgan fingerprint density at radius 2 is 2.17 bits per heavy atom. The predicted octanol–water partition coefficient (Wildman–Crippen LogP) is 4.15. The fourth-order valence-electron chi connectivity index (χ4n) is 2.58. The first-order chi connectivity index (χ1) is 8.67. The number of ether oxygens (including phenoxy) is 1. The van der Waals surface area contributed by atoms with Gasteiger partial charge in [-0.25, -0.2) is 0 Å². The van der Waals surface area contributed by atoms with Crippen LogP contribution in [0.1, 0.15) is 38.3 Å². The average molecular weight is 312 g/mol. The quantitative estimate of drug-likeness (QED) is 0.852. The smallest absolute Gasteiger partial charge is 0.120 e. The Kier molecular flexibility index (Phi) is 4.68. The second-order valence-corrected chi connectivity index (χ2v) is 5.97. The zero-order valence-corrected chi connectivity index (χ0v) is 13.0. The van der Waals surface area contributed by atoms with Crippen LogP contribution in [0.15, 0.2) is 22.7 Å². The van der Waals surface area contributed by atoms with Gasteiger partial charge in [0.25, 0.3) is 0 Å². The molecule has 2 nitrogen and oxygen atoms in total. The van der Waals surface area contributed by atoms with Gasteiger partial charge in [0.05, 0.1) is 7.11 Å². The van der Waals surface area contributed by atoms with Crippen LogP contribution in [0.5, 0.6) is 5.75 Å². The molecule has 1 aliphatic rings. The first-order valence-electron chi connectivity index (χ1n) is 6.74. The summed E-state index contributed by atoms with van der Waals surface area (Å²) in [5.74, 6) is 2.48. The van der Waals surface area contributed by atoms with Crippen LogP contribution in [0.25, 0.3) is 0 Å². The Hall–Kier alpha value is -0.540. The maximum absolute atomic E-state index is 5.26. The van der Waals surface area contributed by atoms with Crippen molar-refractivity contribution in [1.29, 1.82) is 0 Å². The van der Waals surface area contributed by atoms with Gasteiger partial charge in [0.2, 0.25) is 0 Å². The van der Waals surface area contributed by atoms with E-state index < -0.39 is 0 Å². The minimum Gasteiger partial charge on any atom is -0.497 e. The second kappa shape index (κ2) is 6.07. The largest absolute Gasteiger partial charge is 0.497 e. The molecule has 1 aromatic carbocycles. The highest BCUT2D eigenvalue weighted by atomic mass is 79.9. The Labute approximate surface area is 118 Å². The van der Waals surface area contributed by atoms with Gasteiger partial charge in [-0.15, -0.1) is 0 Å². The zero-order valence-electron chi connectivity index (χ0n) is 11.4. The molecule has 0 aromatic heterocycles. The summed E-state index contributed by atoms with van der Waals surface area (Å²) < 4.78 is 6.40. The van der Waals surface area contributed by atoms with Gasteiger partial charge in [-0.05, 0) is 48.9 Å². The molecule has 2 rings (SSSR count). The van der Waals surface area contributed by atoms with E-state index in [1.54, 1.807) is 7.11 Å². The Bertz CT molecular complexity index is 403. The number of rotatable bonds is 6. The van der Waals surface area contributed by atoms with Crippen LogP contribution in [0, 0.1) is 11.8 Å². The van der Waals surface area contributed by atoms with Crippen LogP contribution in [0.4, 0.5) is 0 Å². The SMILES string of the molecule is CCNC(c1ccc(OC)cc1Br)C(C)C1CC1. The maximum atomic E-state index is 5.26. The van der Waals surface area contributed by atoms with E-state index in [9.17, 15) is 0 Å². The predicted molar refractivity (Wildman–Crippen MR) is 79.0 cm³/mol. The average Bonchev–Trinajstić information content (AvgIpc) is 3.20. The fraction of sp³-hybridized carbons (Fsp3) is 0.600. The van der Waals surface area contributed by atoms with E-state index in [4.69, 9.17) is 4.74 Å². The molecule has 1 N–H and O–H groups in total. The van der Waals surface area contributed by atoms with Crippen molar-refractivity contribution in [1.82, 2.24) is 5.32 Å². The molecule has 0 amide bonds. The third kappa shape index (κ3) is 3.07. The van der Waals surface area contributed by atoms with Crippen molar-refractivity contribution < 1.29 is 4.74 Å². The van der Waals surface area contributed by atoms with E-state index in [2.05, 4.69) is 47.2 Å². The maximum Gasteiger partial charge on any atom is 0.120 e. The number of hydrogen-bond donors (Lipinski definition) is 1. The van der Waals surface area contributed by atoms with Crippen molar-refractivity contribution in [3.63, 3.8) is 0 Å². The van der Waals surface area contributed by atoms with Crippen molar-refractivity contribution in [2.45, 2.75) is 32.7 Å². The number of methoxy groups -OCH3 is 1. The first-order valence-corrected chi connectivity index (χ1v) is 7.53. The topological polar surface area (TPSA) is 21.3 Å². The van der Waals surface area contributed by atoms with E-state index in [1.165, 1.54) is 18.4 Å². The van der Waals surface area contributed by atoms with Gasteiger partial charge in [-0.3, -0.25) is 0 Å². The van der Waals surface area contributed by atoms with Gasteiger partial charge in [0.15, 0.2) is 0 Å². The molecule has 0 radical (unpaired) electrons. The molecule has 0 saturated heterocycles. The summed E-state index contributed by atoms with van der Waals surface area (Å²) in [7, 11) is 1.70. The summed E-state index contributed by atoms with van der Waals surface area (Å²) in [5, 5.41) is 3.63. The molecule has 2 unspecified atom stereocenters. The molecule has 0 bridgehead atoms. The highest BCUT2D eigenvalue weighted by molar-refractivity contribution is 9.10. The molecular formula is C15H22BrNO. The van der Waals surface area contributed by atoms with E-state index in [0.717, 1.165) is 22.7 Å². The molecule has 0 aliphatic heterocycles. The van der Waals surface area contributed by atoms with E-state index in [0.29, 0.717) is 12.0 Å². The molecule has 1 fully saturated rings. The molecule has 1 saturated carbocycles. The molecule has 0 spiro atoms. The summed E-state index contributed by atoms with van der Waals surface area (Å²) in [5.41, 5.74) is 1.34. The van der Waals surface area contributed by atoms with Crippen LogP contribution in [0.3, 0.4) is 0 Å². The minimum atomic E-state index is 0.433. The third-order valence-electron chi connectivity index (χ3n) is 3.86. The summed E-state index contributed by atoms with van der Waals surface area (Å²) in [6.07, 6.45) is 2.77. The third-order valence-corrected chi connectivity index (χ3v) is 4.54. The summed E-state index contributed by atoms with van der Waals surface area (Å²) >= 11 is 3.68. The molecule has 18 heavy (non-hydrogen) atoms. The fourth-order valence-corrected chi connectivity index (χ4v) is 3.18. The molecule has 1 aliphatic carbocycles. The Balaban J connectivity index is 2.23. The monoisotopic (exact) mass is 311 g/mol. The minimum absolute atomic E-state index is 0.433. The molecule has 2 atom stereocenters. The molecule has 100 valence electrons. The molecular weight excluding hydrogens is 290 g/mol. The normalized spacial score (nSPS) is 18.4. The van der Waals surface area contributed by atoms with Gasteiger partial charge in [-0.1, -0.05) is 35.8 Å². The van der Waals surface area contributed by atoms with E-state index in [-0.39, 0.29) is 0 Å². The number of nitrogens with one attached hydrogen (secondary N) is 1. The summed E-state index contributed by atoms with van der Waals surface area (Å²) in [6, 6.07) is 6.71. The van der Waals surface area contributed by atoms with Crippen LogP contribution in [-0.2, 0) is 0 Å². The van der Waals surface area contributed by atoms with E-state index in [1.807, 2.05) is 6.07 Å². The van der Waals surface area contributed by atoms with Gasteiger partial charge >= 0.3 is 0 Å². The van der Waals surface area contributed by atoms with Crippen LogP contribution in [-0.4, -0.2) is 13.7 Å². The van der Waals surface area contributed by atoms with Gasteiger partial charge in [0, 0.05) is 10.5 Å². The Morgan fingerprint density at radius 3 is 2.67 bits per heavy atom. The number of hydrogen-bond acceptors (Lipinski definition) is 2. The standard InChI is InChI=1S/C15H22BrNO/c1-4-17-15(10(2)11-5-6-11)13-8-7-12(18-3)9-14(13)16/h7-11,15,17H,4-6H2,1-3H3.